The molecule has 0 radical (unpaired) electrons. The molecule has 4 aliphatic rings. The number of hydrogen-bond donors (Lipinski definition) is 0. The van der Waals surface area contributed by atoms with Crippen molar-refractivity contribution in [2.45, 2.75) is 102 Å². The Labute approximate surface area is 171 Å². The zero-order valence-corrected chi connectivity index (χ0v) is 18.2. The average Bonchev–Trinajstić information content (AvgIpc) is 3.47. The van der Waals surface area contributed by atoms with E-state index in [1.165, 1.54) is 64.2 Å². The van der Waals surface area contributed by atoms with E-state index in [4.69, 9.17) is 0 Å². The maximum Gasteiger partial charge on any atom is 0.237 e. The minimum Gasteiger partial charge on any atom is -0.335 e. The largest absolute Gasteiger partial charge is 0.335 e. The van der Waals surface area contributed by atoms with Gasteiger partial charge in [-0.2, -0.15) is 0 Å². The molecule has 5 nitrogen and oxygen atoms in total. The van der Waals surface area contributed by atoms with Crippen molar-refractivity contribution in [1.82, 2.24) is 9.80 Å². The maximum absolute atomic E-state index is 13.5. The van der Waals surface area contributed by atoms with E-state index in [2.05, 4.69) is 9.80 Å². The molecular weight excluding hydrogens is 372 g/mol. The Morgan fingerprint density at radius 2 is 1.39 bits per heavy atom. The van der Waals surface area contributed by atoms with Crippen LogP contribution < -0.4 is 0 Å². The Bertz CT molecular complexity index is 634. The normalized spacial score (nSPS) is 29.2. The number of carbonyl (C=O) groups excluding carboxylic acids is 1. The molecule has 0 spiro atoms. The van der Waals surface area contributed by atoms with E-state index in [-0.39, 0.29) is 29.5 Å². The smallest absolute Gasteiger partial charge is 0.237 e. The van der Waals surface area contributed by atoms with Gasteiger partial charge in [-0.3, -0.25) is 9.69 Å². The molecule has 0 aromatic heterocycles. The van der Waals surface area contributed by atoms with E-state index < -0.39 is 9.84 Å². The Kier molecular flexibility index (Phi) is 6.66. The molecule has 1 atom stereocenters. The summed E-state index contributed by atoms with van der Waals surface area (Å²) < 4.78 is 24.2. The highest BCUT2D eigenvalue weighted by Gasteiger charge is 2.40. The second-order valence-electron chi connectivity index (χ2n) is 9.81. The van der Waals surface area contributed by atoms with Crippen LogP contribution in [0.3, 0.4) is 0 Å². The topological polar surface area (TPSA) is 57.7 Å². The Balaban J connectivity index is 1.44. The fourth-order valence-corrected chi connectivity index (χ4v) is 7.51. The molecule has 160 valence electrons. The summed E-state index contributed by atoms with van der Waals surface area (Å²) in [5.74, 6) is 1.39. The molecule has 1 unspecified atom stereocenters. The third-order valence-electron chi connectivity index (χ3n) is 7.48. The Morgan fingerprint density at radius 3 is 1.96 bits per heavy atom. The highest BCUT2D eigenvalue weighted by atomic mass is 32.2. The van der Waals surface area contributed by atoms with Crippen molar-refractivity contribution in [1.29, 1.82) is 0 Å². The molecule has 0 N–H and O–H groups in total. The van der Waals surface area contributed by atoms with Crippen LogP contribution >= 0.6 is 0 Å². The van der Waals surface area contributed by atoms with Gasteiger partial charge in [-0.05, 0) is 50.9 Å². The van der Waals surface area contributed by atoms with Crippen molar-refractivity contribution in [2.75, 3.05) is 24.6 Å². The van der Waals surface area contributed by atoms with Gasteiger partial charge in [0.1, 0.15) is 0 Å². The van der Waals surface area contributed by atoms with Crippen LogP contribution in [0.15, 0.2) is 0 Å². The maximum atomic E-state index is 13.5. The quantitative estimate of drug-likeness (QED) is 0.646. The van der Waals surface area contributed by atoms with Crippen LogP contribution in [0.2, 0.25) is 0 Å². The highest BCUT2D eigenvalue weighted by Crippen LogP contribution is 2.33. The molecule has 3 saturated carbocycles. The molecule has 4 rings (SSSR count). The van der Waals surface area contributed by atoms with Crippen LogP contribution in [0, 0.1) is 5.92 Å². The summed E-state index contributed by atoms with van der Waals surface area (Å²) >= 11 is 0. The molecule has 1 saturated heterocycles. The minimum absolute atomic E-state index is 0.0867. The molecule has 0 aromatic rings. The van der Waals surface area contributed by atoms with Gasteiger partial charge in [0.25, 0.3) is 0 Å². The van der Waals surface area contributed by atoms with E-state index >= 15 is 0 Å². The van der Waals surface area contributed by atoms with E-state index in [0.29, 0.717) is 19.0 Å². The average molecular weight is 411 g/mol. The standard InChI is InChI=1S/C22H38N2O3S/c25-22(16-23(19-11-12-19)15-18-7-3-1-4-8-18)24(20-9-5-2-6-10-20)21-13-14-28(26,27)17-21/h18-21H,1-17H2. The van der Waals surface area contributed by atoms with Crippen LogP contribution in [-0.2, 0) is 14.6 Å². The predicted octanol–water partition coefficient (Wildman–Crippen LogP) is 3.38. The second-order valence-corrected chi connectivity index (χ2v) is 12.0. The van der Waals surface area contributed by atoms with E-state index in [1.54, 1.807) is 0 Å². The SMILES string of the molecule is O=C(CN(CC1CCCCC1)C1CC1)N(C1CCCCC1)C1CCS(=O)(=O)C1. The summed E-state index contributed by atoms with van der Waals surface area (Å²) in [6, 6.07) is 0.762. The van der Waals surface area contributed by atoms with Gasteiger partial charge in [0.05, 0.1) is 18.1 Å². The van der Waals surface area contributed by atoms with Gasteiger partial charge in [-0.15, -0.1) is 0 Å². The number of sulfone groups is 1. The summed E-state index contributed by atoms with van der Waals surface area (Å²) in [5.41, 5.74) is 0. The van der Waals surface area contributed by atoms with Crippen LogP contribution in [0.1, 0.15) is 83.5 Å². The van der Waals surface area contributed by atoms with Crippen LogP contribution in [0.25, 0.3) is 0 Å². The second kappa shape index (κ2) is 9.03. The lowest BCUT2D eigenvalue weighted by molar-refractivity contribution is -0.138. The predicted molar refractivity (Wildman–Crippen MR) is 112 cm³/mol. The van der Waals surface area contributed by atoms with Crippen molar-refractivity contribution in [3.05, 3.63) is 0 Å². The lowest BCUT2D eigenvalue weighted by Gasteiger charge is -2.40. The third-order valence-corrected chi connectivity index (χ3v) is 9.23. The van der Waals surface area contributed by atoms with Crippen molar-refractivity contribution in [3.8, 4) is 0 Å². The molecule has 1 aliphatic heterocycles. The van der Waals surface area contributed by atoms with Crippen molar-refractivity contribution >= 4 is 15.7 Å². The molecule has 6 heteroatoms. The minimum atomic E-state index is -2.98. The molecule has 0 aromatic carbocycles. The first-order valence-electron chi connectivity index (χ1n) is 11.8. The van der Waals surface area contributed by atoms with Gasteiger partial charge in [0.15, 0.2) is 9.84 Å². The van der Waals surface area contributed by atoms with Gasteiger partial charge in [0.2, 0.25) is 5.91 Å². The fraction of sp³-hybridized carbons (Fsp3) is 0.955. The Morgan fingerprint density at radius 1 is 0.750 bits per heavy atom. The monoisotopic (exact) mass is 410 g/mol. The molecule has 1 amide bonds. The van der Waals surface area contributed by atoms with Gasteiger partial charge >= 0.3 is 0 Å². The lowest BCUT2D eigenvalue weighted by Crippen LogP contribution is -2.52. The summed E-state index contributed by atoms with van der Waals surface area (Å²) in [5, 5.41) is 0. The number of nitrogens with zero attached hydrogens (tertiary/aromatic N) is 2. The molecule has 1 heterocycles. The van der Waals surface area contributed by atoms with Gasteiger partial charge in [-0.25, -0.2) is 8.42 Å². The zero-order chi connectivity index (χ0) is 19.6. The van der Waals surface area contributed by atoms with Crippen molar-refractivity contribution < 1.29 is 13.2 Å². The lowest BCUT2D eigenvalue weighted by atomic mass is 9.89. The third kappa shape index (κ3) is 5.29. The first kappa shape index (κ1) is 20.6. The van der Waals surface area contributed by atoms with Crippen LogP contribution in [0.4, 0.5) is 0 Å². The molecule has 4 fully saturated rings. The van der Waals surface area contributed by atoms with E-state index in [9.17, 15) is 13.2 Å². The highest BCUT2D eigenvalue weighted by molar-refractivity contribution is 7.91. The summed E-state index contributed by atoms with van der Waals surface area (Å²) in [4.78, 5) is 18.0. The molecule has 28 heavy (non-hydrogen) atoms. The van der Waals surface area contributed by atoms with Crippen LogP contribution in [-0.4, -0.2) is 66.8 Å². The summed E-state index contributed by atoms with van der Waals surface area (Å²) in [7, 11) is -2.98. The van der Waals surface area contributed by atoms with Gasteiger partial charge in [-0.1, -0.05) is 38.5 Å². The van der Waals surface area contributed by atoms with Gasteiger partial charge in [0, 0.05) is 24.7 Å². The molecular formula is C22H38N2O3S. The first-order chi connectivity index (χ1) is 13.5. The van der Waals surface area contributed by atoms with Crippen molar-refractivity contribution in [3.63, 3.8) is 0 Å². The summed E-state index contributed by atoms with van der Waals surface area (Å²) in [6.07, 6.45) is 15.4. The zero-order valence-electron chi connectivity index (χ0n) is 17.4. The number of hydrogen-bond acceptors (Lipinski definition) is 4. The number of carbonyl (C=O) groups is 1. The number of amides is 1. The van der Waals surface area contributed by atoms with E-state index in [1.807, 2.05) is 0 Å². The Hall–Kier alpha value is -0.620. The van der Waals surface area contributed by atoms with Crippen molar-refractivity contribution in [2.24, 2.45) is 5.92 Å². The summed E-state index contributed by atoms with van der Waals surface area (Å²) in [6.45, 7) is 1.58. The van der Waals surface area contributed by atoms with E-state index in [0.717, 1.165) is 25.3 Å². The van der Waals surface area contributed by atoms with Gasteiger partial charge < -0.3 is 4.90 Å². The fourth-order valence-electron chi connectivity index (χ4n) is 5.80. The molecule has 0 bridgehead atoms. The van der Waals surface area contributed by atoms with Crippen LogP contribution in [0.5, 0.6) is 0 Å². The molecule has 3 aliphatic carbocycles. The first-order valence-corrected chi connectivity index (χ1v) is 13.6. The number of rotatable bonds is 7.